The first-order valence-electron chi connectivity index (χ1n) is 5.77. The summed E-state index contributed by atoms with van der Waals surface area (Å²) in [5.74, 6) is 1.56. The molecule has 0 aliphatic carbocycles. The van der Waals surface area contributed by atoms with E-state index in [2.05, 4.69) is 20.4 Å². The molecule has 2 heterocycles. The van der Waals surface area contributed by atoms with Gasteiger partial charge in [0, 0.05) is 19.3 Å². The van der Waals surface area contributed by atoms with E-state index in [1.165, 1.54) is 6.33 Å². The maximum Gasteiger partial charge on any atom is 0.164 e. The van der Waals surface area contributed by atoms with Crippen molar-refractivity contribution in [1.82, 2.24) is 25.1 Å². The maximum absolute atomic E-state index is 5.74. The summed E-state index contributed by atoms with van der Waals surface area (Å²) in [6.45, 7) is 3.03. The molecular formula is C12H17N5O. The Morgan fingerprint density at radius 3 is 2.89 bits per heavy atom. The van der Waals surface area contributed by atoms with Gasteiger partial charge in [-0.05, 0) is 26.1 Å². The zero-order valence-corrected chi connectivity index (χ0v) is 10.8. The van der Waals surface area contributed by atoms with Crippen LogP contribution in [0.5, 0.6) is 5.75 Å². The molecule has 6 nitrogen and oxygen atoms in total. The highest BCUT2D eigenvalue weighted by Gasteiger charge is 2.07. The van der Waals surface area contributed by atoms with Gasteiger partial charge < -0.3 is 10.1 Å². The second-order valence-electron chi connectivity index (χ2n) is 4.02. The van der Waals surface area contributed by atoms with E-state index in [4.69, 9.17) is 4.74 Å². The Morgan fingerprint density at radius 1 is 1.39 bits per heavy atom. The van der Waals surface area contributed by atoms with Crippen molar-refractivity contribution in [3.63, 3.8) is 0 Å². The van der Waals surface area contributed by atoms with E-state index in [1.807, 2.05) is 33.2 Å². The van der Waals surface area contributed by atoms with Gasteiger partial charge in [0.2, 0.25) is 0 Å². The van der Waals surface area contributed by atoms with Crippen molar-refractivity contribution in [2.45, 2.75) is 20.1 Å². The van der Waals surface area contributed by atoms with Crippen LogP contribution in [0.15, 0.2) is 18.5 Å². The highest BCUT2D eigenvalue weighted by Crippen LogP contribution is 2.17. The van der Waals surface area contributed by atoms with Crippen LogP contribution in [0.2, 0.25) is 0 Å². The minimum absolute atomic E-state index is 0.387. The molecule has 0 aliphatic rings. The second-order valence-corrected chi connectivity index (χ2v) is 4.02. The fraction of sp³-hybridized carbons (Fsp3) is 0.417. The smallest absolute Gasteiger partial charge is 0.164 e. The van der Waals surface area contributed by atoms with E-state index in [0.29, 0.717) is 13.2 Å². The molecule has 0 aromatic carbocycles. The van der Waals surface area contributed by atoms with Crippen molar-refractivity contribution in [2.75, 3.05) is 7.05 Å². The van der Waals surface area contributed by atoms with Gasteiger partial charge in [0.1, 0.15) is 18.7 Å². The van der Waals surface area contributed by atoms with Gasteiger partial charge in [-0.2, -0.15) is 5.10 Å². The van der Waals surface area contributed by atoms with Crippen LogP contribution in [0.1, 0.15) is 17.2 Å². The molecule has 18 heavy (non-hydrogen) atoms. The minimum Gasteiger partial charge on any atom is -0.484 e. The van der Waals surface area contributed by atoms with Crippen LogP contribution in [0.25, 0.3) is 0 Å². The number of hydrogen-bond acceptors (Lipinski definition) is 5. The van der Waals surface area contributed by atoms with Gasteiger partial charge in [-0.1, -0.05) is 0 Å². The Labute approximate surface area is 106 Å². The van der Waals surface area contributed by atoms with E-state index >= 15 is 0 Å². The monoisotopic (exact) mass is 247 g/mol. The summed E-state index contributed by atoms with van der Waals surface area (Å²) in [5.41, 5.74) is 1.88. The summed E-state index contributed by atoms with van der Waals surface area (Å²) in [6.07, 6.45) is 1.51. The molecule has 0 unspecified atom stereocenters. The Hall–Kier alpha value is -1.95. The molecule has 6 heteroatoms. The first-order chi connectivity index (χ1) is 8.70. The Kier molecular flexibility index (Phi) is 3.88. The Morgan fingerprint density at radius 2 is 2.22 bits per heavy atom. The standard InChI is InChI=1S/C12H17N5O/c1-9-4-5-11(10(16-9)6-13-2)18-7-12-14-8-15-17(12)3/h4-5,8,13H,6-7H2,1-3H3. The number of aromatic nitrogens is 4. The zero-order chi connectivity index (χ0) is 13.0. The molecule has 2 aromatic rings. The molecule has 0 bridgehead atoms. The topological polar surface area (TPSA) is 64.9 Å². The first-order valence-corrected chi connectivity index (χ1v) is 5.77. The molecule has 0 fully saturated rings. The summed E-state index contributed by atoms with van der Waals surface area (Å²) < 4.78 is 7.44. The summed E-state index contributed by atoms with van der Waals surface area (Å²) in [7, 11) is 3.73. The van der Waals surface area contributed by atoms with Gasteiger partial charge in [0.05, 0.1) is 5.69 Å². The fourth-order valence-electron chi connectivity index (χ4n) is 1.62. The van der Waals surface area contributed by atoms with Gasteiger partial charge in [0.15, 0.2) is 5.82 Å². The minimum atomic E-state index is 0.387. The van der Waals surface area contributed by atoms with Crippen LogP contribution in [-0.4, -0.2) is 26.8 Å². The highest BCUT2D eigenvalue weighted by atomic mass is 16.5. The Balaban J connectivity index is 2.11. The molecule has 0 amide bonds. The molecule has 2 rings (SSSR count). The van der Waals surface area contributed by atoms with Gasteiger partial charge in [0.25, 0.3) is 0 Å². The number of nitrogens with zero attached hydrogens (tertiary/aromatic N) is 4. The molecule has 0 radical (unpaired) electrons. The Bertz CT molecular complexity index is 523. The number of ether oxygens (including phenoxy) is 1. The van der Waals surface area contributed by atoms with Crippen LogP contribution in [0.3, 0.4) is 0 Å². The van der Waals surface area contributed by atoms with Crippen molar-refractivity contribution in [1.29, 1.82) is 0 Å². The van der Waals surface area contributed by atoms with Gasteiger partial charge in [-0.25, -0.2) is 4.98 Å². The summed E-state index contributed by atoms with van der Waals surface area (Å²) in [4.78, 5) is 8.57. The maximum atomic E-state index is 5.74. The van der Waals surface area contributed by atoms with E-state index in [9.17, 15) is 0 Å². The largest absolute Gasteiger partial charge is 0.484 e. The summed E-state index contributed by atoms with van der Waals surface area (Å²) >= 11 is 0. The van der Waals surface area contributed by atoms with E-state index < -0.39 is 0 Å². The van der Waals surface area contributed by atoms with Crippen molar-refractivity contribution >= 4 is 0 Å². The third-order valence-electron chi connectivity index (χ3n) is 2.58. The predicted molar refractivity (Wildman–Crippen MR) is 67.1 cm³/mol. The van der Waals surface area contributed by atoms with Crippen LogP contribution < -0.4 is 10.1 Å². The van der Waals surface area contributed by atoms with E-state index in [-0.39, 0.29) is 0 Å². The quantitative estimate of drug-likeness (QED) is 0.847. The van der Waals surface area contributed by atoms with Crippen molar-refractivity contribution in [2.24, 2.45) is 7.05 Å². The third-order valence-corrected chi connectivity index (χ3v) is 2.58. The van der Waals surface area contributed by atoms with Gasteiger partial charge in [-0.3, -0.25) is 9.67 Å². The number of hydrogen-bond donors (Lipinski definition) is 1. The van der Waals surface area contributed by atoms with Crippen molar-refractivity contribution in [3.8, 4) is 5.75 Å². The molecule has 0 saturated carbocycles. The first kappa shape index (κ1) is 12.5. The number of rotatable bonds is 5. The summed E-state index contributed by atoms with van der Waals surface area (Å²) in [5, 5.41) is 7.08. The lowest BCUT2D eigenvalue weighted by molar-refractivity contribution is 0.284. The van der Waals surface area contributed by atoms with Crippen LogP contribution in [0, 0.1) is 6.92 Å². The fourth-order valence-corrected chi connectivity index (χ4v) is 1.62. The molecule has 0 atom stereocenters. The highest BCUT2D eigenvalue weighted by molar-refractivity contribution is 5.29. The van der Waals surface area contributed by atoms with Crippen molar-refractivity contribution in [3.05, 3.63) is 35.7 Å². The lowest BCUT2D eigenvalue weighted by Crippen LogP contribution is -2.11. The van der Waals surface area contributed by atoms with Gasteiger partial charge in [-0.15, -0.1) is 0 Å². The number of pyridine rings is 1. The second kappa shape index (κ2) is 5.59. The van der Waals surface area contributed by atoms with Gasteiger partial charge >= 0.3 is 0 Å². The predicted octanol–water partition coefficient (Wildman–Crippen LogP) is 0.817. The molecule has 96 valence electrons. The molecule has 0 saturated heterocycles. The summed E-state index contributed by atoms with van der Waals surface area (Å²) in [6, 6.07) is 3.87. The van der Waals surface area contributed by atoms with Crippen LogP contribution in [-0.2, 0) is 20.2 Å². The third kappa shape index (κ3) is 2.84. The molecule has 1 N–H and O–H groups in total. The average Bonchev–Trinajstić information content (AvgIpc) is 2.74. The van der Waals surface area contributed by atoms with Crippen LogP contribution >= 0.6 is 0 Å². The van der Waals surface area contributed by atoms with E-state index in [0.717, 1.165) is 23.0 Å². The molecule has 0 aliphatic heterocycles. The van der Waals surface area contributed by atoms with Crippen molar-refractivity contribution < 1.29 is 4.74 Å². The molecule has 0 spiro atoms. The lowest BCUT2D eigenvalue weighted by atomic mass is 10.3. The molecular weight excluding hydrogens is 230 g/mol. The number of aryl methyl sites for hydroxylation is 2. The average molecular weight is 247 g/mol. The zero-order valence-electron chi connectivity index (χ0n) is 10.8. The van der Waals surface area contributed by atoms with E-state index in [1.54, 1.807) is 4.68 Å². The molecule has 2 aromatic heterocycles. The lowest BCUT2D eigenvalue weighted by Gasteiger charge is -2.10. The SMILES string of the molecule is CNCc1nc(C)ccc1OCc1ncnn1C. The number of nitrogens with one attached hydrogen (secondary N) is 1. The normalized spacial score (nSPS) is 10.6. The van der Waals surface area contributed by atoms with Crippen LogP contribution in [0.4, 0.5) is 0 Å².